The SMILES string of the molecule is C[C@@H]1CN(CC(=O)N2c3cc(Cc4ccc(F)cc4)c(C(=O)NCC4CCOCC4)nc3OC[C@@H]2C)[C@@H](CN2[C@H](C)COC[C@H]2C)CN1. The summed E-state index contributed by atoms with van der Waals surface area (Å²) in [7, 11) is 0. The molecular weight excluding hydrogens is 615 g/mol. The van der Waals surface area contributed by atoms with Crippen molar-refractivity contribution in [3.63, 3.8) is 0 Å². The Labute approximate surface area is 283 Å². The molecule has 0 aliphatic carbocycles. The van der Waals surface area contributed by atoms with Gasteiger partial charge in [-0.1, -0.05) is 12.1 Å². The molecule has 2 amide bonds. The van der Waals surface area contributed by atoms with E-state index in [2.05, 4.69) is 41.2 Å². The number of rotatable bonds is 9. The lowest BCUT2D eigenvalue weighted by Crippen LogP contribution is -2.63. The first-order valence-corrected chi connectivity index (χ1v) is 17.6. The minimum atomic E-state index is -0.325. The van der Waals surface area contributed by atoms with E-state index in [1.165, 1.54) is 12.1 Å². The van der Waals surface area contributed by atoms with E-state index in [0.29, 0.717) is 68.6 Å². The molecule has 262 valence electrons. The van der Waals surface area contributed by atoms with Crippen LogP contribution in [0.3, 0.4) is 0 Å². The van der Waals surface area contributed by atoms with Gasteiger partial charge in [0.15, 0.2) is 0 Å². The third-order valence-electron chi connectivity index (χ3n) is 10.2. The van der Waals surface area contributed by atoms with Crippen LogP contribution in [0.25, 0.3) is 0 Å². The number of benzene rings is 1. The van der Waals surface area contributed by atoms with Gasteiger partial charge >= 0.3 is 0 Å². The molecule has 0 bridgehead atoms. The Morgan fingerprint density at radius 1 is 1.00 bits per heavy atom. The van der Waals surface area contributed by atoms with E-state index < -0.39 is 0 Å². The number of piperazine rings is 1. The highest BCUT2D eigenvalue weighted by atomic mass is 19.1. The average molecular weight is 667 g/mol. The lowest BCUT2D eigenvalue weighted by atomic mass is 9.99. The van der Waals surface area contributed by atoms with E-state index in [0.717, 1.165) is 38.0 Å². The van der Waals surface area contributed by atoms with Crippen LogP contribution < -0.4 is 20.3 Å². The van der Waals surface area contributed by atoms with Crippen molar-refractivity contribution >= 4 is 17.5 Å². The summed E-state index contributed by atoms with van der Waals surface area (Å²) in [6.45, 7) is 14.8. The summed E-state index contributed by atoms with van der Waals surface area (Å²) in [6, 6.07) is 8.94. The summed E-state index contributed by atoms with van der Waals surface area (Å²) in [5, 5.41) is 6.70. The van der Waals surface area contributed by atoms with Crippen molar-refractivity contribution in [2.75, 3.05) is 70.7 Å². The molecule has 2 N–H and O–H groups in total. The zero-order valence-corrected chi connectivity index (χ0v) is 28.8. The maximum atomic E-state index is 14.3. The largest absolute Gasteiger partial charge is 0.474 e. The van der Waals surface area contributed by atoms with Crippen molar-refractivity contribution in [2.24, 2.45) is 5.92 Å². The first kappa shape index (κ1) is 34.7. The zero-order valence-electron chi connectivity index (χ0n) is 28.8. The Hall–Kier alpha value is -3.16. The summed E-state index contributed by atoms with van der Waals surface area (Å²) in [6.07, 6.45) is 2.15. The number of nitrogens with zero attached hydrogens (tertiary/aromatic N) is 4. The molecule has 0 spiro atoms. The maximum absolute atomic E-state index is 14.3. The smallest absolute Gasteiger partial charge is 0.270 e. The number of amides is 2. The fourth-order valence-electron chi connectivity index (χ4n) is 7.41. The van der Waals surface area contributed by atoms with Crippen LogP contribution in [0.4, 0.5) is 10.1 Å². The van der Waals surface area contributed by atoms with E-state index in [1.807, 2.05) is 13.0 Å². The molecular formula is C36H51FN6O5. The van der Waals surface area contributed by atoms with Gasteiger partial charge in [-0.3, -0.25) is 19.4 Å². The number of hydrogen-bond acceptors (Lipinski definition) is 9. The minimum absolute atomic E-state index is 0.0273. The molecule has 1 aromatic carbocycles. The number of ether oxygens (including phenoxy) is 3. The van der Waals surface area contributed by atoms with E-state index >= 15 is 0 Å². The maximum Gasteiger partial charge on any atom is 0.270 e. The number of hydrogen-bond donors (Lipinski definition) is 2. The predicted molar refractivity (Wildman–Crippen MR) is 181 cm³/mol. The number of pyridine rings is 1. The van der Waals surface area contributed by atoms with Crippen LogP contribution in [0.2, 0.25) is 0 Å². The molecule has 0 unspecified atom stereocenters. The number of carbonyl (C=O) groups excluding carboxylic acids is 2. The molecule has 48 heavy (non-hydrogen) atoms. The van der Waals surface area contributed by atoms with Gasteiger partial charge in [0.1, 0.15) is 23.8 Å². The van der Waals surface area contributed by atoms with Gasteiger partial charge in [0.2, 0.25) is 11.8 Å². The van der Waals surface area contributed by atoms with Crippen LogP contribution >= 0.6 is 0 Å². The quantitative estimate of drug-likeness (QED) is 0.418. The van der Waals surface area contributed by atoms with Gasteiger partial charge in [0, 0.05) is 63.6 Å². The fraction of sp³-hybridized carbons (Fsp3) is 0.639. The number of morpholine rings is 1. The third-order valence-corrected chi connectivity index (χ3v) is 10.2. The molecule has 6 rings (SSSR count). The summed E-state index contributed by atoms with van der Waals surface area (Å²) >= 11 is 0. The summed E-state index contributed by atoms with van der Waals surface area (Å²) in [5.41, 5.74) is 2.32. The number of anilines is 1. The Morgan fingerprint density at radius 3 is 2.46 bits per heavy atom. The van der Waals surface area contributed by atoms with Crippen molar-refractivity contribution in [1.29, 1.82) is 0 Å². The number of carbonyl (C=O) groups is 2. The highest BCUT2D eigenvalue weighted by molar-refractivity contribution is 5.99. The number of halogens is 1. The van der Waals surface area contributed by atoms with Gasteiger partial charge in [0.05, 0.1) is 25.8 Å². The lowest BCUT2D eigenvalue weighted by Gasteiger charge is -2.46. The van der Waals surface area contributed by atoms with Crippen molar-refractivity contribution in [3.05, 3.63) is 53.0 Å². The van der Waals surface area contributed by atoms with Gasteiger partial charge in [-0.25, -0.2) is 9.37 Å². The topological polar surface area (TPSA) is 109 Å². The Morgan fingerprint density at radius 2 is 1.73 bits per heavy atom. The van der Waals surface area contributed by atoms with Crippen molar-refractivity contribution in [2.45, 2.75) is 77.2 Å². The van der Waals surface area contributed by atoms with Crippen LogP contribution in [0.5, 0.6) is 5.88 Å². The van der Waals surface area contributed by atoms with Gasteiger partial charge < -0.3 is 29.7 Å². The second-order valence-corrected chi connectivity index (χ2v) is 14.1. The number of fused-ring (bicyclic) bond motifs is 1. The molecule has 0 radical (unpaired) electrons. The van der Waals surface area contributed by atoms with Crippen LogP contribution in [-0.2, 0) is 20.7 Å². The minimum Gasteiger partial charge on any atom is -0.474 e. The normalized spacial score (nSPS) is 27.3. The molecule has 4 aliphatic rings. The van der Waals surface area contributed by atoms with Gasteiger partial charge in [-0.05, 0) is 82.2 Å². The van der Waals surface area contributed by atoms with Crippen molar-refractivity contribution < 1.29 is 28.2 Å². The zero-order chi connectivity index (χ0) is 33.8. The molecule has 12 heteroatoms. The van der Waals surface area contributed by atoms with Crippen molar-refractivity contribution in [1.82, 2.24) is 25.4 Å². The second kappa shape index (κ2) is 15.6. The Kier molecular flexibility index (Phi) is 11.3. The lowest BCUT2D eigenvalue weighted by molar-refractivity contribution is -0.122. The molecule has 5 heterocycles. The predicted octanol–water partition coefficient (Wildman–Crippen LogP) is 2.85. The van der Waals surface area contributed by atoms with Gasteiger partial charge in [-0.2, -0.15) is 0 Å². The standard InChI is InChI=1S/C36H51FN6O5/c1-23-17-41(31(16-38-23)18-42-24(2)20-47-21-25(42)3)19-33(44)43-26(4)22-48-36-32(43)14-29(13-27-5-7-30(37)8-6-27)34(40-36)35(45)39-15-28-9-11-46-12-10-28/h5-8,14,23-26,28,31,38H,9-13,15-22H2,1-4H3,(H,39,45)/t23-,24-,25-,26+,31-/m1/s1. The summed E-state index contributed by atoms with van der Waals surface area (Å²) in [5.74, 6) is -0.0148. The van der Waals surface area contributed by atoms with Gasteiger partial charge in [-0.15, -0.1) is 0 Å². The Bertz CT molecular complexity index is 1410. The second-order valence-electron chi connectivity index (χ2n) is 14.1. The van der Waals surface area contributed by atoms with E-state index in [1.54, 1.807) is 17.0 Å². The van der Waals surface area contributed by atoms with Crippen LogP contribution in [0, 0.1) is 11.7 Å². The molecule has 1 aromatic heterocycles. The molecule has 0 saturated carbocycles. The molecule has 11 nitrogen and oxygen atoms in total. The first-order chi connectivity index (χ1) is 23.2. The first-order valence-electron chi connectivity index (χ1n) is 17.6. The highest BCUT2D eigenvalue weighted by Crippen LogP contribution is 2.35. The van der Waals surface area contributed by atoms with E-state index in [9.17, 15) is 14.0 Å². The van der Waals surface area contributed by atoms with Crippen molar-refractivity contribution in [3.8, 4) is 5.88 Å². The molecule has 3 saturated heterocycles. The van der Waals surface area contributed by atoms with Crippen LogP contribution in [-0.4, -0.2) is 123 Å². The summed E-state index contributed by atoms with van der Waals surface area (Å²) < 4.78 is 31.1. The highest BCUT2D eigenvalue weighted by Gasteiger charge is 2.37. The molecule has 4 aliphatic heterocycles. The monoisotopic (exact) mass is 666 g/mol. The third kappa shape index (κ3) is 8.16. The number of nitrogens with one attached hydrogen (secondary N) is 2. The molecule has 3 fully saturated rings. The fourth-order valence-corrected chi connectivity index (χ4v) is 7.41. The van der Waals surface area contributed by atoms with E-state index in [-0.39, 0.29) is 60.5 Å². The number of aromatic nitrogens is 1. The molecule has 2 aromatic rings. The van der Waals surface area contributed by atoms with E-state index in [4.69, 9.17) is 19.2 Å². The molecule has 5 atom stereocenters. The van der Waals surface area contributed by atoms with Crippen LogP contribution in [0.15, 0.2) is 30.3 Å². The summed E-state index contributed by atoms with van der Waals surface area (Å²) in [4.78, 5) is 39.3. The Balaban J connectivity index is 1.25. The van der Waals surface area contributed by atoms with Crippen LogP contribution in [0.1, 0.15) is 62.2 Å². The average Bonchev–Trinajstić information content (AvgIpc) is 3.07. The van der Waals surface area contributed by atoms with Gasteiger partial charge in [0.25, 0.3) is 5.91 Å².